The standard InChI is InChI=1S/C12H22N4/c1-10(2)6-7-16(3)9-11-4-5-12(15-13)14-8-11/h4-5,8,10H,6-7,9,13H2,1-3H3,(H,14,15). The molecule has 0 aliphatic heterocycles. The van der Waals surface area contributed by atoms with Crippen LogP contribution in [-0.4, -0.2) is 23.5 Å². The van der Waals surface area contributed by atoms with Crippen LogP contribution in [0.15, 0.2) is 18.3 Å². The number of rotatable bonds is 6. The summed E-state index contributed by atoms with van der Waals surface area (Å²) in [4.78, 5) is 6.49. The van der Waals surface area contributed by atoms with E-state index in [1.165, 1.54) is 12.0 Å². The molecule has 1 aromatic rings. The van der Waals surface area contributed by atoms with Gasteiger partial charge in [-0.2, -0.15) is 0 Å². The molecule has 1 heterocycles. The molecule has 0 aromatic carbocycles. The van der Waals surface area contributed by atoms with E-state index in [2.05, 4.69) is 36.2 Å². The Labute approximate surface area is 97.8 Å². The smallest absolute Gasteiger partial charge is 0.139 e. The molecule has 0 unspecified atom stereocenters. The Balaban J connectivity index is 2.40. The second-order valence-electron chi connectivity index (χ2n) is 4.62. The van der Waals surface area contributed by atoms with Gasteiger partial charge in [-0.15, -0.1) is 0 Å². The van der Waals surface area contributed by atoms with E-state index in [9.17, 15) is 0 Å². The molecule has 0 fully saturated rings. The van der Waals surface area contributed by atoms with Crippen molar-refractivity contribution in [1.82, 2.24) is 9.88 Å². The lowest BCUT2D eigenvalue weighted by molar-refractivity contribution is 0.303. The molecule has 1 rings (SSSR count). The van der Waals surface area contributed by atoms with Gasteiger partial charge in [0.2, 0.25) is 0 Å². The van der Waals surface area contributed by atoms with Crippen LogP contribution >= 0.6 is 0 Å². The van der Waals surface area contributed by atoms with Crippen LogP contribution in [0.5, 0.6) is 0 Å². The van der Waals surface area contributed by atoms with E-state index in [0.29, 0.717) is 5.82 Å². The van der Waals surface area contributed by atoms with Gasteiger partial charge < -0.3 is 10.3 Å². The maximum atomic E-state index is 5.26. The number of hydrazine groups is 1. The first-order chi connectivity index (χ1) is 7.61. The van der Waals surface area contributed by atoms with Crippen LogP contribution in [0, 0.1) is 5.92 Å². The van der Waals surface area contributed by atoms with Crippen molar-refractivity contribution in [2.75, 3.05) is 19.0 Å². The lowest BCUT2D eigenvalue weighted by Gasteiger charge is -2.17. The normalized spacial score (nSPS) is 11.1. The third-order valence-corrected chi connectivity index (χ3v) is 2.51. The highest BCUT2D eigenvalue weighted by atomic mass is 15.2. The summed E-state index contributed by atoms with van der Waals surface area (Å²) in [6.07, 6.45) is 3.09. The Bertz CT molecular complexity index is 294. The van der Waals surface area contributed by atoms with Gasteiger partial charge in [0, 0.05) is 12.7 Å². The summed E-state index contributed by atoms with van der Waals surface area (Å²) in [7, 11) is 2.14. The zero-order chi connectivity index (χ0) is 12.0. The second kappa shape index (κ2) is 6.45. The molecule has 0 spiro atoms. The lowest BCUT2D eigenvalue weighted by Crippen LogP contribution is -2.20. The number of nitrogens with one attached hydrogen (secondary N) is 1. The van der Waals surface area contributed by atoms with Crippen LogP contribution in [0.3, 0.4) is 0 Å². The van der Waals surface area contributed by atoms with Crippen molar-refractivity contribution < 1.29 is 0 Å². The average Bonchev–Trinajstić information content (AvgIpc) is 2.27. The SMILES string of the molecule is CC(C)CCN(C)Cc1ccc(NN)nc1. The molecule has 0 aliphatic carbocycles. The molecule has 4 heteroatoms. The topological polar surface area (TPSA) is 54.2 Å². The van der Waals surface area contributed by atoms with Crippen LogP contribution in [0.25, 0.3) is 0 Å². The summed E-state index contributed by atoms with van der Waals surface area (Å²) in [5.74, 6) is 6.72. The number of pyridine rings is 1. The van der Waals surface area contributed by atoms with Crippen molar-refractivity contribution in [2.24, 2.45) is 11.8 Å². The van der Waals surface area contributed by atoms with Gasteiger partial charge >= 0.3 is 0 Å². The van der Waals surface area contributed by atoms with E-state index in [1.807, 2.05) is 18.3 Å². The molecule has 0 atom stereocenters. The van der Waals surface area contributed by atoms with Crippen molar-refractivity contribution in [2.45, 2.75) is 26.8 Å². The molecule has 90 valence electrons. The van der Waals surface area contributed by atoms with E-state index >= 15 is 0 Å². The van der Waals surface area contributed by atoms with Gasteiger partial charge in [0.05, 0.1) is 0 Å². The molecule has 3 N–H and O–H groups in total. The number of nitrogen functional groups attached to an aromatic ring is 1. The number of hydrogen-bond acceptors (Lipinski definition) is 4. The van der Waals surface area contributed by atoms with Gasteiger partial charge in [-0.25, -0.2) is 10.8 Å². The summed E-state index contributed by atoms with van der Waals surface area (Å²) in [5.41, 5.74) is 3.74. The number of anilines is 1. The average molecular weight is 222 g/mol. The summed E-state index contributed by atoms with van der Waals surface area (Å²) in [6, 6.07) is 3.94. The van der Waals surface area contributed by atoms with Crippen LogP contribution in [0.2, 0.25) is 0 Å². The quantitative estimate of drug-likeness (QED) is 0.569. The molecule has 0 amide bonds. The number of nitrogens with two attached hydrogens (primary N) is 1. The molecule has 4 nitrogen and oxygen atoms in total. The summed E-state index contributed by atoms with van der Waals surface area (Å²) in [5, 5.41) is 0. The summed E-state index contributed by atoms with van der Waals surface area (Å²) >= 11 is 0. The van der Waals surface area contributed by atoms with Crippen LogP contribution in [-0.2, 0) is 6.54 Å². The minimum atomic E-state index is 0.702. The summed E-state index contributed by atoms with van der Waals surface area (Å²) < 4.78 is 0. The largest absolute Gasteiger partial charge is 0.308 e. The van der Waals surface area contributed by atoms with Gasteiger partial charge in [-0.3, -0.25) is 0 Å². The molecule has 16 heavy (non-hydrogen) atoms. The molecule has 0 aliphatic rings. The minimum absolute atomic E-state index is 0.702. The fraction of sp³-hybridized carbons (Fsp3) is 0.583. The van der Waals surface area contributed by atoms with Crippen molar-refractivity contribution in [3.63, 3.8) is 0 Å². The van der Waals surface area contributed by atoms with Gasteiger partial charge in [0.25, 0.3) is 0 Å². The Kier molecular flexibility index (Phi) is 5.22. The monoisotopic (exact) mass is 222 g/mol. The number of aromatic nitrogens is 1. The molecule has 0 saturated heterocycles. The van der Waals surface area contributed by atoms with E-state index in [0.717, 1.165) is 19.0 Å². The summed E-state index contributed by atoms with van der Waals surface area (Å²) in [6.45, 7) is 6.55. The van der Waals surface area contributed by atoms with Gasteiger partial charge in [-0.1, -0.05) is 19.9 Å². The van der Waals surface area contributed by atoms with Crippen molar-refractivity contribution >= 4 is 5.82 Å². The molecule has 0 radical (unpaired) electrons. The maximum Gasteiger partial charge on any atom is 0.139 e. The van der Waals surface area contributed by atoms with Crippen LogP contribution in [0.4, 0.5) is 5.82 Å². The zero-order valence-electron chi connectivity index (χ0n) is 10.4. The Morgan fingerprint density at radius 3 is 2.69 bits per heavy atom. The molecular weight excluding hydrogens is 200 g/mol. The van der Waals surface area contributed by atoms with Gasteiger partial charge in [0.15, 0.2) is 0 Å². The van der Waals surface area contributed by atoms with E-state index in [1.54, 1.807) is 0 Å². The first-order valence-corrected chi connectivity index (χ1v) is 5.72. The fourth-order valence-corrected chi connectivity index (χ4v) is 1.47. The Morgan fingerprint density at radius 2 is 2.19 bits per heavy atom. The third kappa shape index (κ3) is 4.59. The highest BCUT2D eigenvalue weighted by Crippen LogP contribution is 2.07. The molecule has 1 aromatic heterocycles. The fourth-order valence-electron chi connectivity index (χ4n) is 1.47. The van der Waals surface area contributed by atoms with E-state index in [4.69, 9.17) is 5.84 Å². The predicted octanol–water partition coefficient (Wildman–Crippen LogP) is 1.85. The highest BCUT2D eigenvalue weighted by Gasteiger charge is 2.02. The number of nitrogens with zero attached hydrogens (tertiary/aromatic N) is 2. The highest BCUT2D eigenvalue weighted by molar-refractivity contribution is 5.33. The first kappa shape index (κ1) is 12.9. The van der Waals surface area contributed by atoms with Crippen molar-refractivity contribution in [3.8, 4) is 0 Å². The predicted molar refractivity (Wildman–Crippen MR) is 67.8 cm³/mol. The number of hydrogen-bond donors (Lipinski definition) is 2. The van der Waals surface area contributed by atoms with E-state index in [-0.39, 0.29) is 0 Å². The Hall–Kier alpha value is -1.13. The zero-order valence-corrected chi connectivity index (χ0v) is 10.4. The maximum absolute atomic E-state index is 5.26. The first-order valence-electron chi connectivity index (χ1n) is 5.72. The van der Waals surface area contributed by atoms with Gasteiger partial charge in [0.1, 0.15) is 5.82 Å². The minimum Gasteiger partial charge on any atom is -0.308 e. The third-order valence-electron chi connectivity index (χ3n) is 2.51. The van der Waals surface area contributed by atoms with Crippen molar-refractivity contribution in [3.05, 3.63) is 23.9 Å². The van der Waals surface area contributed by atoms with Crippen LogP contribution in [0.1, 0.15) is 25.8 Å². The Morgan fingerprint density at radius 1 is 1.44 bits per heavy atom. The van der Waals surface area contributed by atoms with Crippen LogP contribution < -0.4 is 11.3 Å². The molecular formula is C12H22N4. The second-order valence-corrected chi connectivity index (χ2v) is 4.62. The molecule has 0 bridgehead atoms. The van der Waals surface area contributed by atoms with Crippen molar-refractivity contribution in [1.29, 1.82) is 0 Å². The lowest BCUT2D eigenvalue weighted by atomic mass is 10.1. The van der Waals surface area contributed by atoms with Gasteiger partial charge in [-0.05, 0) is 37.6 Å². The molecule has 0 saturated carbocycles. The van der Waals surface area contributed by atoms with E-state index < -0.39 is 0 Å².